The van der Waals surface area contributed by atoms with Crippen molar-refractivity contribution >= 4 is 17.4 Å². The summed E-state index contributed by atoms with van der Waals surface area (Å²) in [7, 11) is 0. The van der Waals surface area contributed by atoms with Gasteiger partial charge in [0, 0.05) is 19.1 Å². The third kappa shape index (κ3) is 1.53. The van der Waals surface area contributed by atoms with Crippen molar-refractivity contribution in [1.82, 2.24) is 0 Å². The first-order chi connectivity index (χ1) is 6.66. The Morgan fingerprint density at radius 2 is 2.21 bits per heavy atom. The molecule has 0 fully saturated rings. The summed E-state index contributed by atoms with van der Waals surface area (Å²) in [6.07, 6.45) is 1.30. The molecule has 1 amide bonds. The van der Waals surface area contributed by atoms with E-state index in [4.69, 9.17) is 0 Å². The van der Waals surface area contributed by atoms with Crippen molar-refractivity contribution in [2.45, 2.75) is 19.8 Å². The number of rotatable bonds is 1. The lowest BCUT2D eigenvalue weighted by Gasteiger charge is -2.16. The molecule has 0 unspecified atom stereocenters. The molecule has 1 aromatic carbocycles. The Kier molecular flexibility index (Phi) is 2.08. The lowest BCUT2D eigenvalue weighted by atomic mass is 10.00. The van der Waals surface area contributed by atoms with Crippen LogP contribution in [0.25, 0.3) is 0 Å². The van der Waals surface area contributed by atoms with Gasteiger partial charge >= 0.3 is 0 Å². The molecule has 1 aromatic rings. The summed E-state index contributed by atoms with van der Waals surface area (Å²) in [5.41, 5.74) is 2.54. The average molecular weight is 191 g/mol. The second kappa shape index (κ2) is 3.25. The highest BCUT2D eigenvalue weighted by atomic mass is 16.1. The standard InChI is InChI=1S/C11H11NO2.H2/c1-7(13)9-3-2-8-4-5-11(14)12-10(8)6-9;/h2-3,6H,4-5H2,1H3,(H,12,14);1H. The molecule has 0 aromatic heterocycles. The minimum absolute atomic E-state index is 0. The number of fused-ring (bicyclic) bond motifs is 1. The molecular formula is C11H13NO2. The molecule has 1 aliphatic heterocycles. The Balaban J connectivity index is 0.00000112. The van der Waals surface area contributed by atoms with E-state index in [1.807, 2.05) is 6.07 Å². The van der Waals surface area contributed by atoms with Gasteiger partial charge in [-0.2, -0.15) is 0 Å². The molecule has 0 saturated heterocycles. The Morgan fingerprint density at radius 3 is 2.93 bits per heavy atom. The van der Waals surface area contributed by atoms with E-state index < -0.39 is 0 Å². The van der Waals surface area contributed by atoms with Gasteiger partial charge in [0.2, 0.25) is 5.91 Å². The summed E-state index contributed by atoms with van der Waals surface area (Å²) in [4.78, 5) is 22.2. The smallest absolute Gasteiger partial charge is 0.224 e. The van der Waals surface area contributed by atoms with E-state index in [1.54, 1.807) is 12.1 Å². The second-order valence-corrected chi connectivity index (χ2v) is 3.48. The van der Waals surface area contributed by atoms with Gasteiger partial charge in [-0.1, -0.05) is 12.1 Å². The average Bonchev–Trinajstić information content (AvgIpc) is 2.16. The zero-order valence-electron chi connectivity index (χ0n) is 7.96. The molecule has 3 heteroatoms. The molecule has 0 bridgehead atoms. The zero-order valence-corrected chi connectivity index (χ0v) is 7.96. The van der Waals surface area contributed by atoms with Crippen LogP contribution in [0, 0.1) is 0 Å². The summed E-state index contributed by atoms with van der Waals surface area (Å²) in [6, 6.07) is 5.46. The minimum Gasteiger partial charge on any atom is -0.326 e. The largest absolute Gasteiger partial charge is 0.326 e. The van der Waals surface area contributed by atoms with Crippen molar-refractivity contribution in [3.05, 3.63) is 29.3 Å². The minimum atomic E-state index is 0. The van der Waals surface area contributed by atoms with Crippen LogP contribution in [-0.2, 0) is 11.2 Å². The van der Waals surface area contributed by atoms with E-state index in [9.17, 15) is 9.59 Å². The van der Waals surface area contributed by atoms with Crippen LogP contribution in [0.5, 0.6) is 0 Å². The lowest BCUT2D eigenvalue weighted by molar-refractivity contribution is -0.116. The van der Waals surface area contributed by atoms with Crippen LogP contribution >= 0.6 is 0 Å². The molecule has 0 aliphatic carbocycles. The summed E-state index contributed by atoms with van der Waals surface area (Å²) in [6.45, 7) is 1.52. The van der Waals surface area contributed by atoms with Crippen molar-refractivity contribution in [2.75, 3.05) is 5.32 Å². The summed E-state index contributed by atoms with van der Waals surface area (Å²) < 4.78 is 0. The maximum Gasteiger partial charge on any atom is 0.224 e. The van der Waals surface area contributed by atoms with E-state index in [0.717, 1.165) is 17.7 Å². The zero-order chi connectivity index (χ0) is 10.1. The fourth-order valence-electron chi connectivity index (χ4n) is 1.59. The van der Waals surface area contributed by atoms with Crippen LogP contribution < -0.4 is 5.32 Å². The highest BCUT2D eigenvalue weighted by molar-refractivity contribution is 5.98. The first-order valence-corrected chi connectivity index (χ1v) is 4.60. The van der Waals surface area contributed by atoms with Crippen LogP contribution in [-0.4, -0.2) is 11.7 Å². The normalized spacial score (nSPS) is 14.5. The lowest BCUT2D eigenvalue weighted by Crippen LogP contribution is -2.19. The van der Waals surface area contributed by atoms with Crippen LogP contribution in [0.2, 0.25) is 0 Å². The summed E-state index contributed by atoms with van der Waals surface area (Å²) in [5.74, 6) is 0.0471. The molecule has 3 nitrogen and oxygen atoms in total. The summed E-state index contributed by atoms with van der Waals surface area (Å²) >= 11 is 0. The third-order valence-corrected chi connectivity index (χ3v) is 2.41. The predicted molar refractivity (Wildman–Crippen MR) is 55.5 cm³/mol. The van der Waals surface area contributed by atoms with Gasteiger partial charge in [0.15, 0.2) is 5.78 Å². The number of hydrogen-bond donors (Lipinski definition) is 1. The topological polar surface area (TPSA) is 46.2 Å². The molecule has 0 atom stereocenters. The monoisotopic (exact) mass is 191 g/mol. The molecule has 14 heavy (non-hydrogen) atoms. The number of ketones is 1. The van der Waals surface area contributed by atoms with Gasteiger partial charge in [0.25, 0.3) is 0 Å². The molecular weight excluding hydrogens is 178 g/mol. The molecule has 2 rings (SSSR count). The Bertz CT molecular complexity index is 415. The van der Waals surface area contributed by atoms with E-state index in [0.29, 0.717) is 12.0 Å². The molecule has 74 valence electrons. The van der Waals surface area contributed by atoms with Crippen molar-refractivity contribution in [3.63, 3.8) is 0 Å². The van der Waals surface area contributed by atoms with Crippen LogP contribution in [0.15, 0.2) is 18.2 Å². The SMILES string of the molecule is CC(=O)c1ccc2c(c1)NC(=O)CC2.[HH]. The molecule has 0 spiro atoms. The number of anilines is 1. The first kappa shape index (κ1) is 8.94. The first-order valence-electron chi connectivity index (χ1n) is 4.60. The quantitative estimate of drug-likeness (QED) is 0.690. The van der Waals surface area contributed by atoms with Crippen molar-refractivity contribution in [1.29, 1.82) is 0 Å². The van der Waals surface area contributed by atoms with Gasteiger partial charge in [-0.05, 0) is 25.0 Å². The van der Waals surface area contributed by atoms with E-state index in [1.165, 1.54) is 6.92 Å². The van der Waals surface area contributed by atoms with Crippen LogP contribution in [0.4, 0.5) is 5.69 Å². The highest BCUT2D eigenvalue weighted by Gasteiger charge is 2.15. The Labute approximate surface area is 83.6 Å². The van der Waals surface area contributed by atoms with Crippen LogP contribution in [0.1, 0.15) is 30.7 Å². The molecule has 1 N–H and O–H groups in total. The van der Waals surface area contributed by atoms with Crippen molar-refractivity contribution in [2.24, 2.45) is 0 Å². The van der Waals surface area contributed by atoms with Crippen molar-refractivity contribution in [3.8, 4) is 0 Å². The number of benzene rings is 1. The summed E-state index contributed by atoms with van der Waals surface area (Å²) in [5, 5.41) is 2.76. The molecule has 0 radical (unpaired) electrons. The van der Waals surface area contributed by atoms with E-state index in [2.05, 4.69) is 5.32 Å². The third-order valence-electron chi connectivity index (χ3n) is 2.41. The maximum absolute atomic E-state index is 11.1. The van der Waals surface area contributed by atoms with Gasteiger partial charge in [-0.3, -0.25) is 9.59 Å². The Hall–Kier alpha value is -1.64. The van der Waals surface area contributed by atoms with Crippen LogP contribution in [0.3, 0.4) is 0 Å². The number of amides is 1. The van der Waals surface area contributed by atoms with Gasteiger partial charge in [-0.15, -0.1) is 0 Å². The molecule has 1 aliphatic rings. The maximum atomic E-state index is 11.1. The molecule has 0 saturated carbocycles. The number of carbonyl (C=O) groups is 2. The highest BCUT2D eigenvalue weighted by Crippen LogP contribution is 2.23. The number of Topliss-reactive ketones (excluding diaryl/α,β-unsaturated/α-hetero) is 1. The number of hydrogen-bond acceptors (Lipinski definition) is 2. The van der Waals surface area contributed by atoms with Crippen molar-refractivity contribution < 1.29 is 11.0 Å². The van der Waals surface area contributed by atoms with E-state index >= 15 is 0 Å². The van der Waals surface area contributed by atoms with Gasteiger partial charge in [0.05, 0.1) is 0 Å². The van der Waals surface area contributed by atoms with Gasteiger partial charge in [-0.25, -0.2) is 0 Å². The Morgan fingerprint density at radius 1 is 1.43 bits per heavy atom. The van der Waals surface area contributed by atoms with E-state index in [-0.39, 0.29) is 13.1 Å². The van der Waals surface area contributed by atoms with Gasteiger partial charge in [0.1, 0.15) is 0 Å². The fourth-order valence-corrected chi connectivity index (χ4v) is 1.59. The number of carbonyl (C=O) groups excluding carboxylic acids is 2. The molecule has 1 heterocycles. The predicted octanol–water partition coefficient (Wildman–Crippen LogP) is 2.02. The fraction of sp³-hybridized carbons (Fsp3) is 0.273. The second-order valence-electron chi connectivity index (χ2n) is 3.48. The number of aryl methyl sites for hydroxylation is 1. The van der Waals surface area contributed by atoms with Gasteiger partial charge < -0.3 is 5.32 Å². The number of nitrogens with one attached hydrogen (secondary N) is 1.